The molecule has 1 aliphatic heterocycles. The van der Waals surface area contributed by atoms with Crippen LogP contribution < -0.4 is 5.32 Å². The van der Waals surface area contributed by atoms with Crippen LogP contribution in [0.15, 0.2) is 28.5 Å². The zero-order chi connectivity index (χ0) is 12.6. The minimum atomic E-state index is -3.20. The van der Waals surface area contributed by atoms with Crippen molar-refractivity contribution in [3.8, 4) is 0 Å². The van der Waals surface area contributed by atoms with Crippen molar-refractivity contribution in [2.75, 3.05) is 7.05 Å². The van der Waals surface area contributed by atoms with E-state index in [1.165, 1.54) is 5.41 Å². The van der Waals surface area contributed by atoms with E-state index in [4.69, 9.17) is 0 Å². The van der Waals surface area contributed by atoms with Crippen molar-refractivity contribution in [1.82, 2.24) is 5.32 Å². The SMILES string of the molecule is CNC(C)Cc1ccc2c(c1)S(=O)(=O)C=C2C. The molecule has 1 aliphatic rings. The van der Waals surface area contributed by atoms with Crippen LogP contribution in [-0.2, 0) is 16.3 Å². The van der Waals surface area contributed by atoms with Crippen LogP contribution in [0.25, 0.3) is 5.57 Å². The molecule has 1 aromatic rings. The van der Waals surface area contributed by atoms with Crippen LogP contribution in [0.4, 0.5) is 0 Å². The molecule has 3 nitrogen and oxygen atoms in total. The van der Waals surface area contributed by atoms with Gasteiger partial charge in [-0.2, -0.15) is 0 Å². The Balaban J connectivity index is 2.41. The molecule has 1 atom stereocenters. The first-order valence-corrected chi connectivity index (χ1v) is 7.22. The number of allylic oxidation sites excluding steroid dienone is 1. The summed E-state index contributed by atoms with van der Waals surface area (Å²) in [6, 6.07) is 6.05. The van der Waals surface area contributed by atoms with E-state index >= 15 is 0 Å². The number of hydrogen-bond acceptors (Lipinski definition) is 3. The van der Waals surface area contributed by atoms with Gasteiger partial charge in [-0.05, 0) is 50.1 Å². The molecule has 4 heteroatoms. The second-order valence-electron chi connectivity index (χ2n) is 4.57. The molecule has 1 heterocycles. The molecule has 0 aromatic heterocycles. The summed E-state index contributed by atoms with van der Waals surface area (Å²) in [7, 11) is -1.30. The predicted molar refractivity (Wildman–Crippen MR) is 69.5 cm³/mol. The highest BCUT2D eigenvalue weighted by Crippen LogP contribution is 2.33. The van der Waals surface area contributed by atoms with Crippen LogP contribution in [0.2, 0.25) is 0 Å². The summed E-state index contributed by atoms with van der Waals surface area (Å²) in [4.78, 5) is 0.454. The van der Waals surface area contributed by atoms with Gasteiger partial charge in [0.1, 0.15) is 0 Å². The van der Waals surface area contributed by atoms with E-state index in [0.29, 0.717) is 10.9 Å². The maximum Gasteiger partial charge on any atom is 0.200 e. The number of sulfone groups is 1. The summed E-state index contributed by atoms with van der Waals surface area (Å²) in [5.41, 5.74) is 2.72. The average Bonchev–Trinajstić information content (AvgIpc) is 2.49. The van der Waals surface area contributed by atoms with Gasteiger partial charge in [-0.25, -0.2) is 8.42 Å². The summed E-state index contributed by atoms with van der Waals surface area (Å²) < 4.78 is 23.8. The maximum absolute atomic E-state index is 11.9. The molecule has 0 amide bonds. The Kier molecular flexibility index (Phi) is 3.10. The Morgan fingerprint density at radius 1 is 1.35 bits per heavy atom. The van der Waals surface area contributed by atoms with Crippen molar-refractivity contribution in [3.63, 3.8) is 0 Å². The van der Waals surface area contributed by atoms with E-state index in [2.05, 4.69) is 12.2 Å². The maximum atomic E-state index is 11.9. The molecule has 0 saturated heterocycles. The number of rotatable bonds is 3. The van der Waals surface area contributed by atoms with Gasteiger partial charge in [0.25, 0.3) is 0 Å². The first kappa shape index (κ1) is 12.3. The number of benzene rings is 1. The van der Waals surface area contributed by atoms with Gasteiger partial charge in [-0.1, -0.05) is 12.1 Å². The number of hydrogen-bond donors (Lipinski definition) is 1. The molecule has 1 N–H and O–H groups in total. The van der Waals surface area contributed by atoms with Gasteiger partial charge in [0, 0.05) is 11.4 Å². The van der Waals surface area contributed by atoms with E-state index in [0.717, 1.165) is 23.1 Å². The van der Waals surface area contributed by atoms with Gasteiger partial charge in [-0.3, -0.25) is 0 Å². The monoisotopic (exact) mass is 251 g/mol. The highest BCUT2D eigenvalue weighted by atomic mass is 32.2. The van der Waals surface area contributed by atoms with Crippen molar-refractivity contribution < 1.29 is 8.42 Å². The van der Waals surface area contributed by atoms with E-state index < -0.39 is 9.84 Å². The largest absolute Gasteiger partial charge is 0.317 e. The molecule has 17 heavy (non-hydrogen) atoms. The fourth-order valence-corrected chi connectivity index (χ4v) is 3.64. The van der Waals surface area contributed by atoms with Crippen LogP contribution >= 0.6 is 0 Å². The lowest BCUT2D eigenvalue weighted by Crippen LogP contribution is -2.23. The van der Waals surface area contributed by atoms with Crippen molar-refractivity contribution in [2.24, 2.45) is 0 Å². The molecule has 0 aliphatic carbocycles. The summed E-state index contributed by atoms with van der Waals surface area (Å²) in [5.74, 6) is 0. The Morgan fingerprint density at radius 2 is 2.06 bits per heavy atom. The molecule has 0 radical (unpaired) electrons. The number of fused-ring (bicyclic) bond motifs is 1. The van der Waals surface area contributed by atoms with Gasteiger partial charge in [0.15, 0.2) is 0 Å². The van der Waals surface area contributed by atoms with Crippen LogP contribution in [-0.4, -0.2) is 21.5 Å². The smallest absolute Gasteiger partial charge is 0.200 e. The van der Waals surface area contributed by atoms with E-state index in [1.54, 1.807) is 6.07 Å². The van der Waals surface area contributed by atoms with Crippen molar-refractivity contribution in [3.05, 3.63) is 34.7 Å². The van der Waals surface area contributed by atoms with Crippen molar-refractivity contribution in [2.45, 2.75) is 31.2 Å². The van der Waals surface area contributed by atoms with E-state index in [-0.39, 0.29) is 0 Å². The first-order valence-electron chi connectivity index (χ1n) is 5.68. The number of nitrogens with one attached hydrogen (secondary N) is 1. The molecule has 0 fully saturated rings. The standard InChI is InChI=1S/C13H17NO2S/c1-9-8-17(15,16)13-7-11(4-5-12(9)13)6-10(2)14-3/h4-5,7-8,10,14H,6H2,1-3H3. The van der Waals surface area contributed by atoms with Crippen molar-refractivity contribution >= 4 is 15.4 Å². The zero-order valence-corrected chi connectivity index (χ0v) is 11.1. The lowest BCUT2D eigenvalue weighted by Gasteiger charge is -2.11. The van der Waals surface area contributed by atoms with Crippen LogP contribution in [0.3, 0.4) is 0 Å². The van der Waals surface area contributed by atoms with Crippen LogP contribution in [0, 0.1) is 0 Å². The predicted octanol–water partition coefficient (Wildman–Crippen LogP) is 1.99. The van der Waals surface area contributed by atoms with Crippen molar-refractivity contribution in [1.29, 1.82) is 0 Å². The molecule has 1 unspecified atom stereocenters. The highest BCUT2D eigenvalue weighted by molar-refractivity contribution is 7.95. The second kappa shape index (κ2) is 4.27. The van der Waals surface area contributed by atoms with Gasteiger partial charge in [-0.15, -0.1) is 0 Å². The normalized spacial score (nSPS) is 18.6. The molecule has 1 aromatic carbocycles. The van der Waals surface area contributed by atoms with Gasteiger partial charge < -0.3 is 5.32 Å². The van der Waals surface area contributed by atoms with Gasteiger partial charge in [0.05, 0.1) is 4.90 Å². The third-order valence-corrected chi connectivity index (χ3v) is 4.76. The first-order chi connectivity index (χ1) is 7.94. The Bertz CT molecular complexity index is 573. The zero-order valence-electron chi connectivity index (χ0n) is 10.3. The molecule has 0 bridgehead atoms. The topological polar surface area (TPSA) is 46.2 Å². The van der Waals surface area contributed by atoms with E-state index in [9.17, 15) is 8.42 Å². The van der Waals surface area contributed by atoms with Crippen LogP contribution in [0.5, 0.6) is 0 Å². The summed E-state index contributed by atoms with van der Waals surface area (Å²) >= 11 is 0. The average molecular weight is 251 g/mol. The number of likely N-dealkylation sites (N-methyl/N-ethyl adjacent to an activating group) is 1. The molecular formula is C13H17NO2S. The second-order valence-corrected chi connectivity index (χ2v) is 6.34. The third kappa shape index (κ3) is 2.28. The third-order valence-electron chi connectivity index (χ3n) is 3.14. The fourth-order valence-electron chi connectivity index (χ4n) is 2.07. The van der Waals surface area contributed by atoms with Gasteiger partial charge >= 0.3 is 0 Å². The lowest BCUT2D eigenvalue weighted by molar-refractivity contribution is 0.601. The molecule has 0 spiro atoms. The van der Waals surface area contributed by atoms with Crippen LogP contribution in [0.1, 0.15) is 25.0 Å². The quantitative estimate of drug-likeness (QED) is 0.893. The molecular weight excluding hydrogens is 234 g/mol. The molecule has 92 valence electrons. The minimum Gasteiger partial charge on any atom is -0.317 e. The summed E-state index contributed by atoms with van der Waals surface area (Å²) in [5, 5.41) is 4.50. The molecule has 2 rings (SSSR count). The summed E-state index contributed by atoms with van der Waals surface area (Å²) in [6.45, 7) is 3.91. The minimum absolute atomic E-state index is 0.339. The molecule has 0 saturated carbocycles. The highest BCUT2D eigenvalue weighted by Gasteiger charge is 2.24. The van der Waals surface area contributed by atoms with E-state index in [1.807, 2.05) is 26.1 Å². The summed E-state index contributed by atoms with van der Waals surface area (Å²) in [6.07, 6.45) is 0.832. The van der Waals surface area contributed by atoms with Gasteiger partial charge in [0.2, 0.25) is 9.84 Å². The fraction of sp³-hybridized carbons (Fsp3) is 0.385. The Hall–Kier alpha value is -1.13. The Labute approximate surface area is 102 Å². The Morgan fingerprint density at radius 3 is 2.71 bits per heavy atom. The lowest BCUT2D eigenvalue weighted by atomic mass is 10.0.